The lowest BCUT2D eigenvalue weighted by molar-refractivity contribution is -0.143. The van der Waals surface area contributed by atoms with E-state index in [1.54, 1.807) is 17.7 Å². The Morgan fingerprint density at radius 3 is 2.63 bits per heavy atom. The number of hydrogen-bond donors (Lipinski definition) is 1. The number of nitrogens with zero attached hydrogens (tertiary/aromatic N) is 2. The molecule has 0 aliphatic carbocycles. The second-order valence-corrected chi connectivity index (χ2v) is 4.06. The van der Waals surface area contributed by atoms with E-state index in [-0.39, 0.29) is 12.5 Å². The van der Waals surface area contributed by atoms with E-state index in [0.29, 0.717) is 6.61 Å². The fraction of sp³-hybridized carbons (Fsp3) is 0.462. The number of carbonyl (C=O) groups is 2. The summed E-state index contributed by atoms with van der Waals surface area (Å²) in [6.07, 6.45) is 3.08. The van der Waals surface area contributed by atoms with Crippen molar-refractivity contribution in [2.75, 3.05) is 13.2 Å². The van der Waals surface area contributed by atoms with E-state index in [2.05, 4.69) is 10.4 Å². The quantitative estimate of drug-likeness (QED) is 0.629. The highest BCUT2D eigenvalue weighted by atomic mass is 16.5. The average molecular weight is 265 g/mol. The van der Waals surface area contributed by atoms with Crippen molar-refractivity contribution in [3.63, 3.8) is 0 Å². The van der Waals surface area contributed by atoms with Crippen LogP contribution in [0.25, 0.3) is 6.08 Å². The minimum atomic E-state index is -0.446. The van der Waals surface area contributed by atoms with Gasteiger partial charge < -0.3 is 10.1 Å². The summed E-state index contributed by atoms with van der Waals surface area (Å²) < 4.78 is 6.46. The SMILES string of the molecule is CCOC(=O)CNC(=O)C=Cc1c(C)nn(C)c1C. The number of amides is 1. The molecule has 1 heterocycles. The van der Waals surface area contributed by atoms with E-state index in [1.165, 1.54) is 6.08 Å². The van der Waals surface area contributed by atoms with E-state index in [9.17, 15) is 9.59 Å². The van der Waals surface area contributed by atoms with Crippen LogP contribution in [-0.4, -0.2) is 34.8 Å². The molecule has 0 unspecified atom stereocenters. The third kappa shape index (κ3) is 4.24. The van der Waals surface area contributed by atoms with Gasteiger partial charge in [0.15, 0.2) is 0 Å². The highest BCUT2D eigenvalue weighted by Gasteiger charge is 2.07. The van der Waals surface area contributed by atoms with Crippen LogP contribution in [0.5, 0.6) is 0 Å². The van der Waals surface area contributed by atoms with Gasteiger partial charge in [0.05, 0.1) is 12.3 Å². The van der Waals surface area contributed by atoms with Gasteiger partial charge >= 0.3 is 5.97 Å². The Hall–Kier alpha value is -2.11. The van der Waals surface area contributed by atoms with Crippen LogP contribution in [0.4, 0.5) is 0 Å². The third-order valence-corrected chi connectivity index (χ3v) is 2.68. The van der Waals surface area contributed by atoms with Gasteiger partial charge in [-0.25, -0.2) is 0 Å². The number of rotatable bonds is 5. The Morgan fingerprint density at radius 1 is 1.42 bits per heavy atom. The van der Waals surface area contributed by atoms with Crippen molar-refractivity contribution in [3.8, 4) is 0 Å². The topological polar surface area (TPSA) is 73.2 Å². The molecule has 0 radical (unpaired) electrons. The number of aryl methyl sites for hydroxylation is 2. The molecule has 0 spiro atoms. The van der Waals surface area contributed by atoms with Crippen LogP contribution < -0.4 is 5.32 Å². The summed E-state index contributed by atoms with van der Waals surface area (Å²) in [5.41, 5.74) is 2.75. The molecule has 0 aromatic carbocycles. The van der Waals surface area contributed by atoms with Crippen LogP contribution in [0, 0.1) is 13.8 Å². The summed E-state index contributed by atoms with van der Waals surface area (Å²) in [6.45, 7) is 5.70. The van der Waals surface area contributed by atoms with Crippen molar-refractivity contribution in [2.24, 2.45) is 7.05 Å². The molecule has 0 saturated heterocycles. The standard InChI is InChI=1S/C13H19N3O3/c1-5-19-13(18)8-14-12(17)7-6-11-9(2)15-16(4)10(11)3/h6-7H,5,8H2,1-4H3,(H,14,17). The first kappa shape index (κ1) is 14.9. The highest BCUT2D eigenvalue weighted by molar-refractivity contribution is 5.93. The van der Waals surface area contributed by atoms with Crippen molar-refractivity contribution in [2.45, 2.75) is 20.8 Å². The molecule has 1 aromatic heterocycles. The summed E-state index contributed by atoms with van der Waals surface area (Å²) in [7, 11) is 1.85. The molecule has 1 N–H and O–H groups in total. The lowest BCUT2D eigenvalue weighted by Crippen LogP contribution is -2.29. The predicted molar refractivity (Wildman–Crippen MR) is 71.4 cm³/mol. The van der Waals surface area contributed by atoms with Crippen LogP contribution in [0.2, 0.25) is 0 Å². The first-order valence-corrected chi connectivity index (χ1v) is 6.07. The Balaban J connectivity index is 2.57. The minimum Gasteiger partial charge on any atom is -0.465 e. The molecule has 1 amide bonds. The highest BCUT2D eigenvalue weighted by Crippen LogP contribution is 2.13. The molecular weight excluding hydrogens is 246 g/mol. The Bertz CT molecular complexity index is 503. The smallest absolute Gasteiger partial charge is 0.325 e. The van der Waals surface area contributed by atoms with Crippen molar-refractivity contribution >= 4 is 18.0 Å². The average Bonchev–Trinajstić information content (AvgIpc) is 2.59. The van der Waals surface area contributed by atoms with Crippen molar-refractivity contribution in [3.05, 3.63) is 23.0 Å². The Labute approximate surface area is 112 Å². The summed E-state index contributed by atoms with van der Waals surface area (Å²) in [5.74, 6) is -0.784. The number of ether oxygens (including phenoxy) is 1. The Morgan fingerprint density at radius 2 is 2.11 bits per heavy atom. The van der Waals surface area contributed by atoms with Gasteiger partial charge in [0.25, 0.3) is 0 Å². The first-order chi connectivity index (χ1) is 8.95. The fourth-order valence-electron chi connectivity index (χ4n) is 1.62. The molecular formula is C13H19N3O3. The van der Waals surface area contributed by atoms with E-state index >= 15 is 0 Å². The first-order valence-electron chi connectivity index (χ1n) is 6.07. The molecule has 104 valence electrons. The maximum Gasteiger partial charge on any atom is 0.325 e. The maximum absolute atomic E-state index is 11.5. The molecule has 6 heteroatoms. The van der Waals surface area contributed by atoms with Crippen LogP contribution in [0.3, 0.4) is 0 Å². The van der Waals surface area contributed by atoms with Crippen LogP contribution in [0.1, 0.15) is 23.9 Å². The number of hydrogen-bond acceptors (Lipinski definition) is 4. The van der Waals surface area contributed by atoms with E-state index in [4.69, 9.17) is 4.74 Å². The minimum absolute atomic E-state index is 0.123. The van der Waals surface area contributed by atoms with Gasteiger partial charge in [-0.3, -0.25) is 14.3 Å². The largest absolute Gasteiger partial charge is 0.465 e. The molecule has 19 heavy (non-hydrogen) atoms. The molecule has 1 aromatic rings. The predicted octanol–water partition coefficient (Wildman–Crippen LogP) is 0.729. The zero-order valence-corrected chi connectivity index (χ0v) is 11.7. The van der Waals surface area contributed by atoms with Crippen LogP contribution in [-0.2, 0) is 21.4 Å². The van der Waals surface area contributed by atoms with Gasteiger partial charge in [-0.15, -0.1) is 0 Å². The number of nitrogens with one attached hydrogen (secondary N) is 1. The molecule has 0 atom stereocenters. The second kappa shape index (κ2) is 6.72. The van der Waals surface area contributed by atoms with Gasteiger partial charge in [0, 0.05) is 24.4 Å². The number of aromatic nitrogens is 2. The molecule has 0 aliphatic heterocycles. The summed E-state index contributed by atoms with van der Waals surface area (Å²) in [4.78, 5) is 22.6. The lowest BCUT2D eigenvalue weighted by atomic mass is 10.2. The van der Waals surface area contributed by atoms with E-state index in [0.717, 1.165) is 17.0 Å². The Kier molecular flexibility index (Phi) is 5.29. The second-order valence-electron chi connectivity index (χ2n) is 4.06. The van der Waals surface area contributed by atoms with Gasteiger partial charge in [-0.05, 0) is 26.8 Å². The normalized spacial score (nSPS) is 10.7. The van der Waals surface area contributed by atoms with Crippen LogP contribution >= 0.6 is 0 Å². The van der Waals surface area contributed by atoms with Crippen molar-refractivity contribution in [1.29, 1.82) is 0 Å². The van der Waals surface area contributed by atoms with Crippen molar-refractivity contribution < 1.29 is 14.3 Å². The molecule has 0 saturated carbocycles. The molecule has 6 nitrogen and oxygen atoms in total. The zero-order chi connectivity index (χ0) is 14.4. The van der Waals surface area contributed by atoms with Gasteiger partial charge in [-0.1, -0.05) is 0 Å². The summed E-state index contributed by atoms with van der Waals surface area (Å²) >= 11 is 0. The van der Waals surface area contributed by atoms with Crippen LogP contribution in [0.15, 0.2) is 6.08 Å². The number of esters is 1. The van der Waals surface area contributed by atoms with Gasteiger partial charge in [-0.2, -0.15) is 5.10 Å². The molecule has 0 bridgehead atoms. The lowest BCUT2D eigenvalue weighted by Gasteiger charge is -2.01. The maximum atomic E-state index is 11.5. The summed E-state index contributed by atoms with van der Waals surface area (Å²) in [6, 6.07) is 0. The third-order valence-electron chi connectivity index (χ3n) is 2.68. The van der Waals surface area contributed by atoms with Gasteiger partial charge in [0.2, 0.25) is 5.91 Å². The van der Waals surface area contributed by atoms with Crippen molar-refractivity contribution in [1.82, 2.24) is 15.1 Å². The molecule has 0 fully saturated rings. The van der Waals surface area contributed by atoms with E-state index in [1.807, 2.05) is 20.9 Å². The van der Waals surface area contributed by atoms with Gasteiger partial charge in [0.1, 0.15) is 6.54 Å². The fourth-order valence-corrected chi connectivity index (χ4v) is 1.62. The zero-order valence-electron chi connectivity index (χ0n) is 11.7. The monoisotopic (exact) mass is 265 g/mol. The number of carbonyl (C=O) groups excluding carboxylic acids is 2. The molecule has 0 aliphatic rings. The summed E-state index contributed by atoms with van der Waals surface area (Å²) in [5, 5.41) is 6.70. The molecule has 1 rings (SSSR count). The van der Waals surface area contributed by atoms with E-state index < -0.39 is 5.97 Å².